The van der Waals surface area contributed by atoms with E-state index in [0.29, 0.717) is 0 Å². The first-order chi connectivity index (χ1) is 7.62. The third kappa shape index (κ3) is 2.50. The normalized spacial score (nSPS) is 19.8. The van der Waals surface area contributed by atoms with Gasteiger partial charge in [0.2, 0.25) is 0 Å². The number of hydrogen-bond acceptors (Lipinski definition) is 4. The van der Waals surface area contributed by atoms with Gasteiger partial charge >= 0.3 is 0 Å². The number of nitrogens with zero attached hydrogens (tertiary/aromatic N) is 2. The van der Waals surface area contributed by atoms with Gasteiger partial charge in [-0.3, -0.25) is 4.98 Å². The molecule has 88 valence electrons. The standard InChI is InChI=1S/C12H18N2OS/c1-12(2)9-14(5-6-16-12)11-3-4-13-7-10(11)8-15/h3-4,7,15H,5-6,8-9H2,1-2H3. The van der Waals surface area contributed by atoms with Gasteiger partial charge in [0.05, 0.1) is 6.61 Å². The van der Waals surface area contributed by atoms with Crippen molar-refractivity contribution in [2.24, 2.45) is 0 Å². The summed E-state index contributed by atoms with van der Waals surface area (Å²) in [6.07, 6.45) is 3.55. The van der Waals surface area contributed by atoms with Crippen LogP contribution in [0.4, 0.5) is 5.69 Å². The number of pyridine rings is 1. The highest BCUT2D eigenvalue weighted by atomic mass is 32.2. The second-order valence-electron chi connectivity index (χ2n) is 4.69. The van der Waals surface area contributed by atoms with Crippen molar-refractivity contribution in [3.63, 3.8) is 0 Å². The van der Waals surface area contributed by atoms with Crippen LogP contribution in [0.3, 0.4) is 0 Å². The zero-order valence-electron chi connectivity index (χ0n) is 9.81. The smallest absolute Gasteiger partial charge is 0.0717 e. The highest BCUT2D eigenvalue weighted by molar-refractivity contribution is 8.00. The Balaban J connectivity index is 2.23. The molecule has 16 heavy (non-hydrogen) atoms. The Labute approximate surface area is 101 Å². The third-order valence-corrected chi connectivity index (χ3v) is 4.11. The van der Waals surface area contributed by atoms with Gasteiger partial charge in [-0.05, 0) is 19.9 Å². The predicted molar refractivity (Wildman–Crippen MR) is 68.9 cm³/mol. The van der Waals surface area contributed by atoms with E-state index < -0.39 is 0 Å². The van der Waals surface area contributed by atoms with Gasteiger partial charge in [0, 0.05) is 47.2 Å². The van der Waals surface area contributed by atoms with Crippen LogP contribution in [0.1, 0.15) is 19.4 Å². The number of aromatic nitrogens is 1. The summed E-state index contributed by atoms with van der Waals surface area (Å²) in [4.78, 5) is 6.41. The van der Waals surface area contributed by atoms with Crippen molar-refractivity contribution >= 4 is 17.4 Å². The number of anilines is 1. The molecule has 1 fully saturated rings. The van der Waals surface area contributed by atoms with E-state index in [4.69, 9.17) is 0 Å². The van der Waals surface area contributed by atoms with Gasteiger partial charge in [0.25, 0.3) is 0 Å². The van der Waals surface area contributed by atoms with Crippen LogP contribution in [0, 0.1) is 0 Å². The minimum atomic E-state index is 0.0627. The van der Waals surface area contributed by atoms with E-state index in [2.05, 4.69) is 23.7 Å². The summed E-state index contributed by atoms with van der Waals surface area (Å²) in [6, 6.07) is 2.00. The van der Waals surface area contributed by atoms with Crippen LogP contribution in [0.2, 0.25) is 0 Å². The minimum Gasteiger partial charge on any atom is -0.392 e. The SMILES string of the molecule is CC1(C)CN(c2ccncc2CO)CCS1. The number of thioether (sulfide) groups is 1. The van der Waals surface area contributed by atoms with Crippen LogP contribution in [0.15, 0.2) is 18.5 Å². The second-order valence-corrected chi connectivity index (χ2v) is 6.49. The van der Waals surface area contributed by atoms with Crippen LogP contribution in [0.5, 0.6) is 0 Å². The van der Waals surface area contributed by atoms with Gasteiger partial charge in [-0.2, -0.15) is 11.8 Å². The number of hydrogen-bond donors (Lipinski definition) is 1. The maximum Gasteiger partial charge on any atom is 0.0717 e. The lowest BCUT2D eigenvalue weighted by molar-refractivity contribution is 0.281. The van der Waals surface area contributed by atoms with E-state index in [1.165, 1.54) is 0 Å². The summed E-state index contributed by atoms with van der Waals surface area (Å²) in [7, 11) is 0. The Bertz CT molecular complexity index is 368. The van der Waals surface area contributed by atoms with Crippen LogP contribution in [-0.4, -0.2) is 33.7 Å². The lowest BCUT2D eigenvalue weighted by Gasteiger charge is -2.39. The van der Waals surface area contributed by atoms with Crippen molar-refractivity contribution in [1.29, 1.82) is 0 Å². The summed E-state index contributed by atoms with van der Waals surface area (Å²) in [5, 5.41) is 9.31. The molecule has 0 aromatic carbocycles. The molecular formula is C12H18N2OS. The molecule has 3 nitrogen and oxygen atoms in total. The highest BCUT2D eigenvalue weighted by Crippen LogP contribution is 2.33. The summed E-state index contributed by atoms with van der Waals surface area (Å²) in [5.74, 6) is 1.14. The monoisotopic (exact) mass is 238 g/mol. The van der Waals surface area contributed by atoms with Crippen LogP contribution in [0.25, 0.3) is 0 Å². The number of aliphatic hydroxyl groups excluding tert-OH is 1. The first kappa shape index (κ1) is 11.7. The third-order valence-electron chi connectivity index (χ3n) is 2.81. The maximum absolute atomic E-state index is 9.31. The fourth-order valence-corrected chi connectivity index (χ4v) is 3.18. The van der Waals surface area contributed by atoms with E-state index in [0.717, 1.165) is 30.1 Å². The second kappa shape index (κ2) is 4.63. The average Bonchev–Trinajstić information content (AvgIpc) is 2.27. The molecule has 0 spiro atoms. The molecule has 0 radical (unpaired) electrons. The summed E-state index contributed by atoms with van der Waals surface area (Å²) in [5.41, 5.74) is 2.05. The fraction of sp³-hybridized carbons (Fsp3) is 0.583. The first-order valence-electron chi connectivity index (χ1n) is 5.55. The Morgan fingerprint density at radius 1 is 1.56 bits per heavy atom. The lowest BCUT2D eigenvalue weighted by atomic mass is 10.1. The Morgan fingerprint density at radius 3 is 3.06 bits per heavy atom. The molecule has 0 saturated carbocycles. The zero-order valence-corrected chi connectivity index (χ0v) is 10.6. The molecule has 1 aliphatic rings. The van der Waals surface area contributed by atoms with Gasteiger partial charge in [-0.15, -0.1) is 0 Å². The Hall–Kier alpha value is -0.740. The minimum absolute atomic E-state index is 0.0627. The van der Waals surface area contributed by atoms with Crippen molar-refractivity contribution in [2.75, 3.05) is 23.7 Å². The van der Waals surface area contributed by atoms with Crippen LogP contribution in [-0.2, 0) is 6.61 Å². The first-order valence-corrected chi connectivity index (χ1v) is 6.53. The van der Waals surface area contributed by atoms with E-state index >= 15 is 0 Å². The molecule has 1 aromatic rings. The van der Waals surface area contributed by atoms with Crippen molar-refractivity contribution in [1.82, 2.24) is 4.98 Å². The molecule has 1 N–H and O–H groups in total. The number of rotatable bonds is 2. The lowest BCUT2D eigenvalue weighted by Crippen LogP contribution is -2.43. The summed E-state index contributed by atoms with van der Waals surface area (Å²) < 4.78 is 0.286. The van der Waals surface area contributed by atoms with Crippen molar-refractivity contribution in [2.45, 2.75) is 25.2 Å². The molecule has 0 amide bonds. The quantitative estimate of drug-likeness (QED) is 0.854. The molecule has 4 heteroatoms. The van der Waals surface area contributed by atoms with Crippen molar-refractivity contribution in [3.05, 3.63) is 24.0 Å². The van der Waals surface area contributed by atoms with Crippen molar-refractivity contribution < 1.29 is 5.11 Å². The molecule has 0 unspecified atom stereocenters. The van der Waals surface area contributed by atoms with E-state index in [1.54, 1.807) is 12.4 Å². The molecule has 1 saturated heterocycles. The largest absolute Gasteiger partial charge is 0.392 e. The molecular weight excluding hydrogens is 220 g/mol. The van der Waals surface area contributed by atoms with E-state index in [9.17, 15) is 5.11 Å². The Kier molecular flexibility index (Phi) is 3.40. The summed E-state index contributed by atoms with van der Waals surface area (Å²) >= 11 is 2.01. The van der Waals surface area contributed by atoms with E-state index in [1.807, 2.05) is 17.8 Å². The van der Waals surface area contributed by atoms with Crippen LogP contribution >= 0.6 is 11.8 Å². The molecule has 0 aliphatic carbocycles. The van der Waals surface area contributed by atoms with Gasteiger partial charge in [0.1, 0.15) is 0 Å². The van der Waals surface area contributed by atoms with Crippen LogP contribution < -0.4 is 4.90 Å². The molecule has 1 aliphatic heterocycles. The maximum atomic E-state index is 9.31. The topological polar surface area (TPSA) is 36.4 Å². The Morgan fingerprint density at radius 2 is 2.38 bits per heavy atom. The molecule has 0 atom stereocenters. The fourth-order valence-electron chi connectivity index (χ4n) is 2.07. The van der Waals surface area contributed by atoms with Gasteiger partial charge in [-0.25, -0.2) is 0 Å². The van der Waals surface area contributed by atoms with Crippen molar-refractivity contribution in [3.8, 4) is 0 Å². The highest BCUT2D eigenvalue weighted by Gasteiger charge is 2.27. The predicted octanol–water partition coefficient (Wildman–Crippen LogP) is 1.91. The van der Waals surface area contributed by atoms with Gasteiger partial charge in [0.15, 0.2) is 0 Å². The average molecular weight is 238 g/mol. The van der Waals surface area contributed by atoms with Gasteiger partial charge in [-0.1, -0.05) is 0 Å². The molecule has 2 heterocycles. The zero-order chi connectivity index (χ0) is 11.6. The van der Waals surface area contributed by atoms with E-state index in [-0.39, 0.29) is 11.4 Å². The molecule has 1 aromatic heterocycles. The number of aliphatic hydroxyl groups is 1. The summed E-state index contributed by atoms with van der Waals surface area (Å²) in [6.45, 7) is 6.67. The van der Waals surface area contributed by atoms with Gasteiger partial charge < -0.3 is 10.0 Å². The molecule has 2 rings (SSSR count). The molecule has 0 bridgehead atoms.